The summed E-state index contributed by atoms with van der Waals surface area (Å²) in [6.07, 6.45) is 3.88. The molecule has 0 amide bonds. The van der Waals surface area contributed by atoms with Gasteiger partial charge in [-0.05, 0) is 43.1 Å². The Hall–Kier alpha value is -1.40. The van der Waals surface area contributed by atoms with Gasteiger partial charge in [0, 0.05) is 21.6 Å². The van der Waals surface area contributed by atoms with Crippen LogP contribution in [0.5, 0.6) is 11.5 Å². The van der Waals surface area contributed by atoms with Crippen molar-refractivity contribution in [2.75, 3.05) is 7.11 Å². The standard InChI is InChI=1S/C18H19NO3S2/c1-22-11-4-2-3-10(14(11)20)13-12-8-5-6-9(7-8)15(12)23-17-16(13)24-18(21)19-17/h2-4,8-9,12-13,15,20H,5-7H2,1H3,(H,19,21)/t8-,9-,12-,13+,15-/m1/s1. The number of aromatic amines is 1. The third-order valence-electron chi connectivity index (χ3n) is 6.05. The molecule has 0 spiro atoms. The first kappa shape index (κ1) is 14.9. The highest BCUT2D eigenvalue weighted by Gasteiger charge is 2.55. The quantitative estimate of drug-likeness (QED) is 0.854. The van der Waals surface area contributed by atoms with E-state index in [4.69, 9.17) is 4.74 Å². The molecule has 2 fully saturated rings. The molecule has 2 N–H and O–H groups in total. The number of aromatic hydroxyl groups is 1. The molecule has 3 aliphatic rings. The predicted octanol–water partition coefficient (Wildman–Crippen LogP) is 3.80. The highest BCUT2D eigenvalue weighted by molar-refractivity contribution is 8.00. The molecule has 2 aliphatic carbocycles. The molecule has 6 heteroatoms. The van der Waals surface area contributed by atoms with Crippen LogP contribution in [0, 0.1) is 17.8 Å². The Morgan fingerprint density at radius 3 is 2.96 bits per heavy atom. The van der Waals surface area contributed by atoms with Gasteiger partial charge in [-0.25, -0.2) is 0 Å². The number of thiazole rings is 1. The lowest BCUT2D eigenvalue weighted by Gasteiger charge is -2.40. The second-order valence-electron chi connectivity index (χ2n) is 7.08. The van der Waals surface area contributed by atoms with E-state index in [0.717, 1.165) is 21.4 Å². The maximum atomic E-state index is 12.0. The van der Waals surface area contributed by atoms with Gasteiger partial charge in [-0.2, -0.15) is 0 Å². The van der Waals surface area contributed by atoms with Crippen LogP contribution in [-0.2, 0) is 0 Å². The van der Waals surface area contributed by atoms with Gasteiger partial charge in [-0.1, -0.05) is 23.5 Å². The lowest BCUT2D eigenvalue weighted by Crippen LogP contribution is -2.33. The molecule has 5 atom stereocenters. The molecular formula is C18H19NO3S2. The molecular weight excluding hydrogens is 342 g/mol. The van der Waals surface area contributed by atoms with Crippen molar-refractivity contribution >= 4 is 23.1 Å². The highest BCUT2D eigenvalue weighted by atomic mass is 32.2. The van der Waals surface area contributed by atoms with Crippen LogP contribution in [0.1, 0.15) is 35.6 Å². The largest absolute Gasteiger partial charge is 0.504 e. The lowest BCUT2D eigenvalue weighted by atomic mass is 9.74. The van der Waals surface area contributed by atoms with E-state index in [1.165, 1.54) is 30.6 Å². The summed E-state index contributed by atoms with van der Waals surface area (Å²) >= 11 is 3.18. The number of benzene rings is 1. The van der Waals surface area contributed by atoms with E-state index in [2.05, 4.69) is 4.98 Å². The number of fused-ring (bicyclic) bond motifs is 6. The number of H-pyrrole nitrogens is 1. The second kappa shape index (κ2) is 5.30. The summed E-state index contributed by atoms with van der Waals surface area (Å²) in [7, 11) is 1.58. The minimum absolute atomic E-state index is 0.00667. The molecule has 4 nitrogen and oxygen atoms in total. The summed E-state index contributed by atoms with van der Waals surface area (Å²) in [5.74, 6) is 2.79. The third kappa shape index (κ3) is 1.96. The van der Waals surface area contributed by atoms with Crippen LogP contribution in [0.4, 0.5) is 0 Å². The molecule has 1 aromatic carbocycles. The Labute approximate surface area is 148 Å². The summed E-state index contributed by atoms with van der Waals surface area (Å²) in [6, 6.07) is 5.72. The Morgan fingerprint density at radius 2 is 2.12 bits per heavy atom. The maximum Gasteiger partial charge on any atom is 0.305 e. The minimum atomic E-state index is 0.00667. The highest BCUT2D eigenvalue weighted by Crippen LogP contribution is 2.64. The number of methoxy groups -OCH3 is 1. The van der Waals surface area contributed by atoms with E-state index in [9.17, 15) is 9.90 Å². The third-order valence-corrected chi connectivity index (χ3v) is 8.67. The van der Waals surface area contributed by atoms with Crippen molar-refractivity contribution in [1.82, 2.24) is 4.98 Å². The van der Waals surface area contributed by atoms with E-state index in [0.29, 0.717) is 22.8 Å². The van der Waals surface area contributed by atoms with Gasteiger partial charge in [-0.15, -0.1) is 11.8 Å². The fourth-order valence-corrected chi connectivity index (χ4v) is 8.04. The van der Waals surface area contributed by atoms with Crippen LogP contribution in [0.2, 0.25) is 0 Å². The number of rotatable bonds is 2. The van der Waals surface area contributed by atoms with Crippen molar-refractivity contribution in [3.63, 3.8) is 0 Å². The van der Waals surface area contributed by atoms with Crippen LogP contribution in [-0.4, -0.2) is 22.5 Å². The Kier molecular flexibility index (Phi) is 3.29. The van der Waals surface area contributed by atoms with Crippen molar-refractivity contribution in [2.24, 2.45) is 17.8 Å². The van der Waals surface area contributed by atoms with E-state index >= 15 is 0 Å². The van der Waals surface area contributed by atoms with Gasteiger partial charge in [0.2, 0.25) is 0 Å². The van der Waals surface area contributed by atoms with Gasteiger partial charge in [-0.3, -0.25) is 4.79 Å². The van der Waals surface area contributed by atoms with Crippen LogP contribution >= 0.6 is 23.1 Å². The number of thioether (sulfide) groups is 1. The topological polar surface area (TPSA) is 62.3 Å². The number of hydrogen-bond acceptors (Lipinski definition) is 5. The van der Waals surface area contributed by atoms with E-state index in [1.807, 2.05) is 23.9 Å². The fraction of sp³-hybridized carbons (Fsp3) is 0.500. The van der Waals surface area contributed by atoms with E-state index in [1.54, 1.807) is 13.2 Å². The zero-order chi connectivity index (χ0) is 16.4. The van der Waals surface area contributed by atoms with Crippen molar-refractivity contribution in [2.45, 2.75) is 35.5 Å². The van der Waals surface area contributed by atoms with Crippen molar-refractivity contribution in [3.05, 3.63) is 38.3 Å². The van der Waals surface area contributed by atoms with Crippen molar-refractivity contribution in [1.29, 1.82) is 0 Å². The summed E-state index contributed by atoms with van der Waals surface area (Å²) in [5, 5.41) is 12.3. The van der Waals surface area contributed by atoms with Crippen molar-refractivity contribution < 1.29 is 9.84 Å². The number of ether oxygens (including phenoxy) is 1. The summed E-state index contributed by atoms with van der Waals surface area (Å²) in [6.45, 7) is 0. The van der Waals surface area contributed by atoms with E-state index < -0.39 is 0 Å². The Balaban J connectivity index is 1.71. The van der Waals surface area contributed by atoms with Crippen LogP contribution < -0.4 is 9.61 Å². The SMILES string of the molecule is COc1cccc([C@@H]2c3sc(=O)[nH]c3S[C@@H]3[C@@H]4CC[C@H](C4)[C@H]23)c1O. The normalized spacial score (nSPS) is 33.3. The molecule has 2 bridgehead atoms. The summed E-state index contributed by atoms with van der Waals surface area (Å²) in [4.78, 5) is 16.1. The first-order valence-corrected chi connectivity index (χ1v) is 10.1. The molecule has 2 heterocycles. The number of para-hydroxylation sites is 1. The monoisotopic (exact) mass is 361 g/mol. The number of hydrogen-bond donors (Lipinski definition) is 2. The Bertz CT molecular complexity index is 858. The molecule has 24 heavy (non-hydrogen) atoms. The molecule has 1 aromatic heterocycles. The van der Waals surface area contributed by atoms with Gasteiger partial charge < -0.3 is 14.8 Å². The fourth-order valence-electron chi connectivity index (χ4n) is 5.15. The molecule has 0 radical (unpaired) electrons. The molecule has 2 aromatic rings. The summed E-state index contributed by atoms with van der Waals surface area (Å²) in [5.41, 5.74) is 0.911. The number of aromatic nitrogens is 1. The summed E-state index contributed by atoms with van der Waals surface area (Å²) < 4.78 is 5.32. The van der Waals surface area contributed by atoms with Crippen molar-refractivity contribution in [3.8, 4) is 11.5 Å². The van der Waals surface area contributed by atoms with Crippen LogP contribution in [0.3, 0.4) is 0 Å². The van der Waals surface area contributed by atoms with Gasteiger partial charge in [0.15, 0.2) is 11.5 Å². The number of nitrogens with one attached hydrogen (secondary N) is 1. The average Bonchev–Trinajstić information content (AvgIpc) is 3.26. The lowest BCUT2D eigenvalue weighted by molar-refractivity contribution is 0.300. The average molecular weight is 361 g/mol. The molecule has 2 saturated carbocycles. The van der Waals surface area contributed by atoms with Gasteiger partial charge >= 0.3 is 4.87 Å². The van der Waals surface area contributed by atoms with Gasteiger partial charge in [0.1, 0.15) is 0 Å². The smallest absolute Gasteiger partial charge is 0.305 e. The number of phenolic OH excluding ortho intramolecular Hbond substituents is 1. The zero-order valence-corrected chi connectivity index (χ0v) is 15.0. The van der Waals surface area contributed by atoms with Gasteiger partial charge in [0.25, 0.3) is 0 Å². The Morgan fingerprint density at radius 1 is 1.29 bits per heavy atom. The maximum absolute atomic E-state index is 12.0. The molecule has 5 rings (SSSR count). The zero-order valence-electron chi connectivity index (χ0n) is 13.3. The molecule has 126 valence electrons. The van der Waals surface area contributed by atoms with Crippen LogP contribution in [0.15, 0.2) is 28.0 Å². The first-order chi connectivity index (χ1) is 11.7. The predicted molar refractivity (Wildman–Crippen MR) is 95.4 cm³/mol. The molecule has 0 unspecified atom stereocenters. The second-order valence-corrected chi connectivity index (χ2v) is 9.28. The first-order valence-electron chi connectivity index (χ1n) is 8.43. The van der Waals surface area contributed by atoms with Gasteiger partial charge in [0.05, 0.1) is 12.1 Å². The minimum Gasteiger partial charge on any atom is -0.504 e. The number of phenols is 1. The molecule has 1 aliphatic heterocycles. The van der Waals surface area contributed by atoms with Crippen LogP contribution in [0.25, 0.3) is 0 Å². The molecule has 0 saturated heterocycles. The van der Waals surface area contributed by atoms with E-state index in [-0.39, 0.29) is 16.5 Å².